The molecule has 0 fully saturated rings. The Kier molecular flexibility index (Phi) is 10.5. The van der Waals surface area contributed by atoms with Crippen LogP contribution in [-0.2, 0) is 4.74 Å². The minimum atomic E-state index is -0.805. The van der Waals surface area contributed by atoms with Gasteiger partial charge in [0.25, 0.3) is 0 Å². The van der Waals surface area contributed by atoms with Crippen LogP contribution in [0.15, 0.2) is 53.5 Å². The molecule has 0 saturated carbocycles. The summed E-state index contributed by atoms with van der Waals surface area (Å²) in [4.78, 5) is 4.40. The fraction of sp³-hybridized carbons (Fsp3) is 0.409. The lowest BCUT2D eigenvalue weighted by Gasteiger charge is -2.14. The Morgan fingerprint density at radius 2 is 1.90 bits per heavy atom. The molecule has 30 heavy (non-hydrogen) atoms. The molecule has 2 rings (SSSR count). The van der Waals surface area contributed by atoms with Crippen molar-refractivity contribution in [2.24, 2.45) is 4.99 Å². The number of aliphatic imine (C=N–C) groups is 1. The molecule has 0 saturated heterocycles. The molecule has 2 aromatic carbocycles. The molecule has 0 bridgehead atoms. The van der Waals surface area contributed by atoms with Crippen molar-refractivity contribution in [3.63, 3.8) is 0 Å². The van der Waals surface area contributed by atoms with Crippen molar-refractivity contribution >= 4 is 11.6 Å². The third-order valence-corrected chi connectivity index (χ3v) is 3.92. The standard InChI is InChI=1S/C22H30FN3O4/c1-3-24-22(25-15-19(27)16-30-20-10-8-17(23)9-11-20)26-18-6-4-7-21(14-18)29-13-5-12-28-2/h4,6-11,14,19,27H,3,5,12-13,15-16H2,1-2H3,(H2,24,25,26). The van der Waals surface area contributed by atoms with Crippen molar-refractivity contribution in [1.29, 1.82) is 0 Å². The van der Waals surface area contributed by atoms with Crippen molar-refractivity contribution in [3.8, 4) is 11.5 Å². The van der Waals surface area contributed by atoms with E-state index in [0.717, 1.165) is 17.9 Å². The van der Waals surface area contributed by atoms with Crippen molar-refractivity contribution in [3.05, 3.63) is 54.3 Å². The zero-order chi connectivity index (χ0) is 21.6. The van der Waals surface area contributed by atoms with Crippen molar-refractivity contribution in [2.45, 2.75) is 19.4 Å². The largest absolute Gasteiger partial charge is 0.493 e. The maximum Gasteiger partial charge on any atom is 0.195 e. The van der Waals surface area contributed by atoms with Gasteiger partial charge < -0.3 is 30.0 Å². The molecule has 3 N–H and O–H groups in total. The van der Waals surface area contributed by atoms with Crippen LogP contribution >= 0.6 is 0 Å². The molecular weight excluding hydrogens is 389 g/mol. The molecule has 0 heterocycles. The van der Waals surface area contributed by atoms with Gasteiger partial charge in [0, 0.05) is 38.4 Å². The number of benzene rings is 2. The topological polar surface area (TPSA) is 84.3 Å². The minimum Gasteiger partial charge on any atom is -0.493 e. The maximum atomic E-state index is 12.9. The summed E-state index contributed by atoms with van der Waals surface area (Å²) in [5.74, 6) is 1.44. The molecule has 1 unspecified atom stereocenters. The molecule has 0 radical (unpaired) electrons. The van der Waals surface area contributed by atoms with Gasteiger partial charge in [-0.2, -0.15) is 0 Å². The van der Waals surface area contributed by atoms with E-state index in [1.165, 1.54) is 24.3 Å². The lowest BCUT2D eigenvalue weighted by molar-refractivity contribution is 0.114. The molecule has 0 aliphatic carbocycles. The highest BCUT2D eigenvalue weighted by molar-refractivity contribution is 5.93. The second kappa shape index (κ2) is 13.4. The van der Waals surface area contributed by atoms with Crippen LogP contribution in [-0.4, -0.2) is 57.2 Å². The number of nitrogens with zero attached hydrogens (tertiary/aromatic N) is 1. The predicted molar refractivity (Wildman–Crippen MR) is 116 cm³/mol. The smallest absolute Gasteiger partial charge is 0.195 e. The first-order valence-electron chi connectivity index (χ1n) is 9.94. The van der Waals surface area contributed by atoms with Gasteiger partial charge in [0.1, 0.15) is 30.0 Å². The van der Waals surface area contributed by atoms with Crippen LogP contribution in [0, 0.1) is 5.82 Å². The van der Waals surface area contributed by atoms with Crippen molar-refractivity contribution < 1.29 is 23.7 Å². The number of aliphatic hydroxyl groups excluding tert-OH is 1. The number of guanidine groups is 1. The highest BCUT2D eigenvalue weighted by Gasteiger charge is 2.07. The lowest BCUT2D eigenvalue weighted by atomic mass is 10.3. The van der Waals surface area contributed by atoms with Crippen LogP contribution in [0.3, 0.4) is 0 Å². The number of nitrogens with one attached hydrogen (secondary N) is 2. The van der Waals surface area contributed by atoms with E-state index in [4.69, 9.17) is 14.2 Å². The molecule has 7 nitrogen and oxygen atoms in total. The average Bonchev–Trinajstić information content (AvgIpc) is 2.75. The summed E-state index contributed by atoms with van der Waals surface area (Å²) in [6.07, 6.45) is 0.0109. The van der Waals surface area contributed by atoms with Crippen LogP contribution < -0.4 is 20.1 Å². The first-order valence-corrected chi connectivity index (χ1v) is 9.94. The first kappa shape index (κ1) is 23.4. The van der Waals surface area contributed by atoms with Gasteiger partial charge in [0.15, 0.2) is 5.96 Å². The SMILES string of the molecule is CCNC(=NCC(O)COc1ccc(F)cc1)Nc1cccc(OCCCOC)c1. The molecule has 164 valence electrons. The van der Waals surface area contributed by atoms with E-state index in [2.05, 4.69) is 15.6 Å². The van der Waals surface area contributed by atoms with Crippen LogP contribution in [0.25, 0.3) is 0 Å². The fourth-order valence-corrected chi connectivity index (χ4v) is 2.47. The molecular formula is C22H30FN3O4. The quantitative estimate of drug-likeness (QED) is 0.279. The Morgan fingerprint density at radius 1 is 1.10 bits per heavy atom. The van der Waals surface area contributed by atoms with E-state index in [1.54, 1.807) is 7.11 Å². The normalized spacial score (nSPS) is 12.3. The average molecular weight is 419 g/mol. The molecule has 0 spiro atoms. The Labute approximate surface area is 176 Å². The molecule has 2 aromatic rings. The molecule has 1 atom stereocenters. The first-order chi connectivity index (χ1) is 14.6. The summed E-state index contributed by atoms with van der Waals surface area (Å²) in [6, 6.07) is 13.2. The number of hydrogen-bond acceptors (Lipinski definition) is 5. The Bertz CT molecular complexity index is 771. The zero-order valence-electron chi connectivity index (χ0n) is 17.4. The molecule has 0 amide bonds. The van der Waals surface area contributed by atoms with E-state index in [1.807, 2.05) is 31.2 Å². The number of anilines is 1. The summed E-state index contributed by atoms with van der Waals surface area (Å²) in [6.45, 7) is 4.05. The van der Waals surface area contributed by atoms with Crippen LogP contribution in [0.1, 0.15) is 13.3 Å². The fourth-order valence-electron chi connectivity index (χ4n) is 2.47. The van der Waals surface area contributed by atoms with E-state index in [0.29, 0.717) is 31.5 Å². The van der Waals surface area contributed by atoms with Crippen LogP contribution in [0.4, 0.5) is 10.1 Å². The van der Waals surface area contributed by atoms with Crippen LogP contribution in [0.2, 0.25) is 0 Å². The molecule has 0 aromatic heterocycles. The van der Waals surface area contributed by atoms with Gasteiger partial charge in [0.05, 0.1) is 13.2 Å². The van der Waals surface area contributed by atoms with Crippen molar-refractivity contribution in [1.82, 2.24) is 5.32 Å². The molecule has 8 heteroatoms. The van der Waals surface area contributed by atoms with E-state index >= 15 is 0 Å². The van der Waals surface area contributed by atoms with Crippen molar-refractivity contribution in [2.75, 3.05) is 45.3 Å². The summed E-state index contributed by atoms with van der Waals surface area (Å²) in [5, 5.41) is 16.5. The zero-order valence-corrected chi connectivity index (χ0v) is 17.4. The van der Waals surface area contributed by atoms with E-state index in [-0.39, 0.29) is 19.0 Å². The highest BCUT2D eigenvalue weighted by atomic mass is 19.1. The predicted octanol–water partition coefficient (Wildman–Crippen LogP) is 3.06. The van der Waals surface area contributed by atoms with Gasteiger partial charge in [-0.15, -0.1) is 0 Å². The number of hydrogen-bond donors (Lipinski definition) is 3. The summed E-state index contributed by atoms with van der Waals surface area (Å²) in [5.41, 5.74) is 0.816. The molecule has 0 aliphatic rings. The van der Waals surface area contributed by atoms with Gasteiger partial charge >= 0.3 is 0 Å². The van der Waals surface area contributed by atoms with E-state index in [9.17, 15) is 9.50 Å². The third-order valence-electron chi connectivity index (χ3n) is 3.92. The summed E-state index contributed by atoms with van der Waals surface area (Å²) in [7, 11) is 1.66. The number of halogens is 1. The van der Waals surface area contributed by atoms with Gasteiger partial charge in [-0.05, 0) is 43.3 Å². The third kappa shape index (κ3) is 9.11. The number of ether oxygens (including phenoxy) is 3. The second-order valence-electron chi connectivity index (χ2n) is 6.49. The number of aliphatic hydroxyl groups is 1. The van der Waals surface area contributed by atoms with Gasteiger partial charge in [0.2, 0.25) is 0 Å². The van der Waals surface area contributed by atoms with E-state index < -0.39 is 6.10 Å². The Hall–Kier alpha value is -2.84. The van der Waals surface area contributed by atoms with Crippen LogP contribution in [0.5, 0.6) is 11.5 Å². The Balaban J connectivity index is 1.86. The lowest BCUT2D eigenvalue weighted by Crippen LogP contribution is -2.32. The summed E-state index contributed by atoms with van der Waals surface area (Å²) >= 11 is 0. The number of methoxy groups -OCH3 is 1. The maximum absolute atomic E-state index is 12.9. The number of rotatable bonds is 12. The monoisotopic (exact) mass is 419 g/mol. The van der Waals surface area contributed by atoms with Gasteiger partial charge in [-0.25, -0.2) is 4.39 Å². The van der Waals surface area contributed by atoms with Gasteiger partial charge in [-0.1, -0.05) is 6.07 Å². The molecule has 0 aliphatic heterocycles. The summed E-state index contributed by atoms with van der Waals surface area (Å²) < 4.78 is 29.1. The van der Waals surface area contributed by atoms with Gasteiger partial charge in [-0.3, -0.25) is 4.99 Å². The highest BCUT2D eigenvalue weighted by Crippen LogP contribution is 2.17. The second-order valence-corrected chi connectivity index (χ2v) is 6.49. The Morgan fingerprint density at radius 3 is 2.63 bits per heavy atom. The minimum absolute atomic E-state index is 0.0549.